The molecule has 1 saturated heterocycles. The lowest BCUT2D eigenvalue weighted by atomic mass is 10.0. The van der Waals surface area contributed by atoms with Crippen LogP contribution in [0.15, 0.2) is 64.1 Å². The molecule has 3 heterocycles. The van der Waals surface area contributed by atoms with Crippen LogP contribution in [0, 0.1) is 12.8 Å². The van der Waals surface area contributed by atoms with E-state index in [9.17, 15) is 13.2 Å². The second-order valence-electron chi connectivity index (χ2n) is 9.12. The predicted molar refractivity (Wildman–Crippen MR) is 142 cm³/mol. The number of anilines is 1. The van der Waals surface area contributed by atoms with E-state index in [1.54, 1.807) is 35.4 Å². The van der Waals surface area contributed by atoms with Gasteiger partial charge < -0.3 is 4.42 Å². The van der Waals surface area contributed by atoms with Crippen molar-refractivity contribution in [2.45, 2.75) is 38.1 Å². The smallest absolute Gasteiger partial charge is 0.260 e. The summed E-state index contributed by atoms with van der Waals surface area (Å²) in [5.41, 5.74) is 1.96. The number of hydrogen-bond donors (Lipinski definition) is 0. The quantitative estimate of drug-likeness (QED) is 0.292. The van der Waals surface area contributed by atoms with Gasteiger partial charge in [-0.1, -0.05) is 29.9 Å². The number of amides is 1. The number of rotatable bonds is 6. The van der Waals surface area contributed by atoms with Crippen LogP contribution < -0.4 is 4.90 Å². The van der Waals surface area contributed by atoms with Gasteiger partial charge in [0.05, 0.1) is 27.9 Å². The fraction of sp³-hybridized carbons (Fsp3) is 0.308. The van der Waals surface area contributed by atoms with Gasteiger partial charge in [0.1, 0.15) is 5.76 Å². The first-order valence-electron chi connectivity index (χ1n) is 11.7. The number of thiazole rings is 1. The lowest BCUT2D eigenvalue weighted by Gasteiger charge is -2.30. The molecular formula is C26H26ClN3O4S2. The van der Waals surface area contributed by atoms with Crippen molar-refractivity contribution < 1.29 is 17.6 Å². The van der Waals surface area contributed by atoms with Gasteiger partial charge in [0.15, 0.2) is 5.13 Å². The number of sulfonamides is 1. The largest absolute Gasteiger partial charge is 0.467 e. The highest BCUT2D eigenvalue weighted by atomic mass is 35.5. The number of hydrogen-bond acceptors (Lipinski definition) is 6. The molecule has 188 valence electrons. The fourth-order valence-corrected chi connectivity index (χ4v) is 7.20. The lowest BCUT2D eigenvalue weighted by molar-refractivity contribution is 0.0983. The van der Waals surface area contributed by atoms with Crippen LogP contribution in [0.5, 0.6) is 0 Å². The van der Waals surface area contributed by atoms with E-state index < -0.39 is 10.0 Å². The first kappa shape index (κ1) is 25.0. The Bertz CT molecular complexity index is 1500. The second kappa shape index (κ2) is 9.97. The third-order valence-electron chi connectivity index (χ3n) is 6.47. The first-order chi connectivity index (χ1) is 17.2. The maximum absolute atomic E-state index is 13.7. The number of aryl methyl sites for hydroxylation is 1. The van der Waals surface area contributed by atoms with Crippen molar-refractivity contribution in [3.05, 3.63) is 76.7 Å². The molecule has 1 unspecified atom stereocenters. The van der Waals surface area contributed by atoms with Crippen LogP contribution >= 0.6 is 22.9 Å². The Hall–Kier alpha value is -2.72. The predicted octanol–water partition coefficient (Wildman–Crippen LogP) is 6.12. The van der Waals surface area contributed by atoms with Gasteiger partial charge in [0, 0.05) is 23.7 Å². The summed E-state index contributed by atoms with van der Waals surface area (Å²) in [6.07, 6.45) is 3.44. The molecule has 0 bridgehead atoms. The van der Waals surface area contributed by atoms with E-state index in [2.05, 4.69) is 6.92 Å². The molecule has 1 aliphatic heterocycles. The molecule has 1 amide bonds. The molecule has 5 rings (SSSR count). The Morgan fingerprint density at radius 2 is 2.00 bits per heavy atom. The number of furan rings is 1. The molecule has 1 aliphatic rings. The van der Waals surface area contributed by atoms with E-state index in [0.29, 0.717) is 40.5 Å². The number of nitrogens with zero attached hydrogens (tertiary/aromatic N) is 3. The summed E-state index contributed by atoms with van der Waals surface area (Å²) in [6, 6.07) is 13.4. The molecule has 2 aromatic heterocycles. The number of halogens is 1. The van der Waals surface area contributed by atoms with Crippen molar-refractivity contribution in [2.75, 3.05) is 18.0 Å². The highest BCUT2D eigenvalue weighted by Crippen LogP contribution is 2.35. The standard InChI is InChI=1S/C26H26ClN3O4S2/c1-17-5-3-13-29(15-17)36(32,33)21-9-7-19(8-10-21)25(31)30(16-20-6-4-14-34-20)26-28-24-18(2)22(27)11-12-23(24)35-26/h4,6-12,14,17H,3,5,13,15-16H2,1-2H3. The van der Waals surface area contributed by atoms with Gasteiger partial charge in [-0.3, -0.25) is 9.69 Å². The Balaban J connectivity index is 1.47. The van der Waals surface area contributed by atoms with Crippen LogP contribution in [0.25, 0.3) is 10.2 Å². The number of benzene rings is 2. The van der Waals surface area contributed by atoms with E-state index in [1.165, 1.54) is 27.8 Å². The maximum atomic E-state index is 13.7. The molecule has 1 atom stereocenters. The molecule has 0 saturated carbocycles. The van der Waals surface area contributed by atoms with Crippen LogP contribution in [-0.4, -0.2) is 36.7 Å². The highest BCUT2D eigenvalue weighted by Gasteiger charge is 2.29. The summed E-state index contributed by atoms with van der Waals surface area (Å²) in [7, 11) is -3.61. The Labute approximate surface area is 219 Å². The minimum absolute atomic E-state index is 0.185. The van der Waals surface area contributed by atoms with Gasteiger partial charge in [0.25, 0.3) is 5.91 Å². The fourth-order valence-electron chi connectivity index (χ4n) is 4.43. The van der Waals surface area contributed by atoms with Gasteiger partial charge in [-0.15, -0.1) is 0 Å². The molecular weight excluding hydrogens is 518 g/mol. The Morgan fingerprint density at radius 3 is 2.69 bits per heavy atom. The maximum Gasteiger partial charge on any atom is 0.260 e. The Kier molecular flexibility index (Phi) is 6.91. The van der Waals surface area contributed by atoms with Crippen LogP contribution in [-0.2, 0) is 16.6 Å². The van der Waals surface area contributed by atoms with Gasteiger partial charge in [-0.25, -0.2) is 13.4 Å². The van der Waals surface area contributed by atoms with E-state index in [1.807, 2.05) is 19.1 Å². The van der Waals surface area contributed by atoms with E-state index in [4.69, 9.17) is 21.0 Å². The summed E-state index contributed by atoms with van der Waals surface area (Å²) in [4.78, 5) is 20.1. The lowest BCUT2D eigenvalue weighted by Crippen LogP contribution is -2.39. The average molecular weight is 544 g/mol. The van der Waals surface area contributed by atoms with Crippen LogP contribution in [0.4, 0.5) is 5.13 Å². The third kappa shape index (κ3) is 4.80. The van der Waals surface area contributed by atoms with Crippen LogP contribution in [0.1, 0.15) is 41.4 Å². The summed E-state index contributed by atoms with van der Waals surface area (Å²) in [6.45, 7) is 5.18. The van der Waals surface area contributed by atoms with Gasteiger partial charge in [-0.2, -0.15) is 4.31 Å². The zero-order valence-corrected chi connectivity index (χ0v) is 22.4. The molecule has 0 spiro atoms. The summed E-state index contributed by atoms with van der Waals surface area (Å²) in [5.74, 6) is 0.636. The number of fused-ring (bicyclic) bond motifs is 1. The number of aromatic nitrogens is 1. The summed E-state index contributed by atoms with van der Waals surface area (Å²) >= 11 is 7.67. The van der Waals surface area contributed by atoms with Crippen LogP contribution in [0.2, 0.25) is 5.02 Å². The SMILES string of the molecule is Cc1c(Cl)ccc2sc(N(Cc3ccco3)C(=O)c3ccc(S(=O)(=O)N4CCCC(C)C4)cc3)nc12. The van der Waals surface area contributed by atoms with E-state index >= 15 is 0 Å². The molecule has 7 nitrogen and oxygen atoms in total. The first-order valence-corrected chi connectivity index (χ1v) is 14.4. The van der Waals surface area contributed by atoms with Gasteiger partial charge >= 0.3 is 0 Å². The molecule has 0 aliphatic carbocycles. The van der Waals surface area contributed by atoms with Crippen LogP contribution in [0.3, 0.4) is 0 Å². The minimum atomic E-state index is -3.61. The molecule has 10 heteroatoms. The number of piperidine rings is 1. The Morgan fingerprint density at radius 1 is 1.22 bits per heavy atom. The molecule has 0 radical (unpaired) electrons. The molecule has 1 fully saturated rings. The third-order valence-corrected chi connectivity index (χ3v) is 9.80. The van der Waals surface area contributed by atoms with Crippen molar-refractivity contribution in [3.8, 4) is 0 Å². The van der Waals surface area contributed by atoms with E-state index in [0.717, 1.165) is 28.6 Å². The molecule has 0 N–H and O–H groups in total. The molecule has 36 heavy (non-hydrogen) atoms. The highest BCUT2D eigenvalue weighted by molar-refractivity contribution is 7.89. The normalized spacial score (nSPS) is 16.9. The topological polar surface area (TPSA) is 83.7 Å². The zero-order chi connectivity index (χ0) is 25.4. The number of carbonyl (C=O) groups is 1. The van der Waals surface area contributed by atoms with Gasteiger partial charge in [0.2, 0.25) is 10.0 Å². The summed E-state index contributed by atoms with van der Waals surface area (Å²) < 4.78 is 34.2. The van der Waals surface area contributed by atoms with Crippen molar-refractivity contribution in [1.82, 2.24) is 9.29 Å². The van der Waals surface area contributed by atoms with E-state index in [-0.39, 0.29) is 17.3 Å². The summed E-state index contributed by atoms with van der Waals surface area (Å²) in [5, 5.41) is 1.12. The van der Waals surface area contributed by atoms with Crippen molar-refractivity contribution in [2.24, 2.45) is 5.92 Å². The van der Waals surface area contributed by atoms with Crippen molar-refractivity contribution in [3.63, 3.8) is 0 Å². The average Bonchev–Trinajstić information content (AvgIpc) is 3.55. The van der Waals surface area contributed by atoms with Gasteiger partial charge in [-0.05, 0) is 79.8 Å². The molecule has 4 aromatic rings. The monoisotopic (exact) mass is 543 g/mol. The van der Waals surface area contributed by atoms with Crippen molar-refractivity contribution in [1.29, 1.82) is 0 Å². The van der Waals surface area contributed by atoms with Crippen molar-refractivity contribution >= 4 is 54.2 Å². The molecule has 2 aromatic carbocycles. The minimum Gasteiger partial charge on any atom is -0.467 e. The number of carbonyl (C=O) groups excluding carboxylic acids is 1. The second-order valence-corrected chi connectivity index (χ2v) is 12.5. The zero-order valence-electron chi connectivity index (χ0n) is 20.0.